The van der Waals surface area contributed by atoms with E-state index in [1.165, 1.54) is 51.5 Å². The van der Waals surface area contributed by atoms with E-state index in [-0.39, 0.29) is 11.3 Å². The van der Waals surface area contributed by atoms with Crippen LogP contribution in [0.15, 0.2) is 0 Å². The zero-order valence-corrected chi connectivity index (χ0v) is 13.9. The van der Waals surface area contributed by atoms with Gasteiger partial charge in [-0.2, -0.15) is 0 Å². The van der Waals surface area contributed by atoms with Gasteiger partial charge in [0, 0.05) is 25.0 Å². The van der Waals surface area contributed by atoms with Crippen LogP contribution in [0.3, 0.4) is 0 Å². The highest BCUT2D eigenvalue weighted by atomic mass is 16.2. The van der Waals surface area contributed by atoms with Gasteiger partial charge in [0.25, 0.3) is 0 Å². The minimum absolute atomic E-state index is 0.202. The van der Waals surface area contributed by atoms with Gasteiger partial charge in [0.05, 0.1) is 0 Å². The molecule has 1 N–H and O–H groups in total. The van der Waals surface area contributed by atoms with Crippen molar-refractivity contribution in [3.63, 3.8) is 0 Å². The Kier molecular flexibility index (Phi) is 4.58. The van der Waals surface area contributed by atoms with Gasteiger partial charge in [0.2, 0.25) is 5.91 Å². The molecule has 120 valence electrons. The summed E-state index contributed by atoms with van der Waals surface area (Å²) in [6.45, 7) is 7.77. The summed E-state index contributed by atoms with van der Waals surface area (Å²) >= 11 is 0. The number of hydrogen-bond acceptors (Lipinski definition) is 2. The fourth-order valence-electron chi connectivity index (χ4n) is 4.82. The van der Waals surface area contributed by atoms with E-state index in [1.54, 1.807) is 0 Å². The number of piperidine rings is 1. The van der Waals surface area contributed by atoms with Gasteiger partial charge in [-0.3, -0.25) is 4.79 Å². The molecule has 21 heavy (non-hydrogen) atoms. The molecule has 3 heteroatoms. The quantitative estimate of drug-likeness (QED) is 0.847. The van der Waals surface area contributed by atoms with E-state index in [9.17, 15) is 4.79 Å². The second-order valence-corrected chi connectivity index (χ2v) is 8.18. The molecule has 3 atom stereocenters. The van der Waals surface area contributed by atoms with E-state index in [2.05, 4.69) is 24.1 Å². The summed E-state index contributed by atoms with van der Waals surface area (Å²) in [5.41, 5.74) is 0.202. The molecule has 1 aliphatic carbocycles. The van der Waals surface area contributed by atoms with Crippen LogP contribution in [-0.2, 0) is 4.79 Å². The van der Waals surface area contributed by atoms with Crippen molar-refractivity contribution in [1.82, 2.24) is 10.2 Å². The highest BCUT2D eigenvalue weighted by molar-refractivity contribution is 5.79. The van der Waals surface area contributed by atoms with Crippen molar-refractivity contribution < 1.29 is 4.79 Å². The lowest BCUT2D eigenvalue weighted by atomic mass is 9.68. The Balaban J connectivity index is 1.63. The fourth-order valence-corrected chi connectivity index (χ4v) is 4.82. The molecule has 0 aromatic rings. The molecule has 2 heterocycles. The third-order valence-corrected chi connectivity index (χ3v) is 6.24. The van der Waals surface area contributed by atoms with Gasteiger partial charge >= 0.3 is 0 Å². The molecular formula is C18H32N2O. The first-order valence-electron chi connectivity index (χ1n) is 9.10. The minimum Gasteiger partial charge on any atom is -0.342 e. The molecule has 3 aliphatic rings. The third-order valence-electron chi connectivity index (χ3n) is 6.24. The summed E-state index contributed by atoms with van der Waals surface area (Å²) in [7, 11) is 0. The van der Waals surface area contributed by atoms with Crippen molar-refractivity contribution >= 4 is 5.91 Å². The largest absolute Gasteiger partial charge is 0.342 e. The molecule has 1 amide bonds. The molecular weight excluding hydrogens is 260 g/mol. The number of carbonyl (C=O) groups excluding carboxylic acids is 1. The van der Waals surface area contributed by atoms with Crippen LogP contribution in [0, 0.1) is 17.3 Å². The number of hydrogen-bond donors (Lipinski definition) is 1. The van der Waals surface area contributed by atoms with Crippen molar-refractivity contribution in [1.29, 1.82) is 0 Å². The van der Waals surface area contributed by atoms with Crippen LogP contribution >= 0.6 is 0 Å². The summed E-state index contributed by atoms with van der Waals surface area (Å²) in [4.78, 5) is 15.2. The predicted molar refractivity (Wildman–Crippen MR) is 86.1 cm³/mol. The number of amides is 1. The number of rotatable bonds is 2. The molecule has 3 fully saturated rings. The summed E-state index contributed by atoms with van der Waals surface area (Å²) < 4.78 is 0. The van der Waals surface area contributed by atoms with Gasteiger partial charge in [-0.1, -0.05) is 26.7 Å². The zero-order valence-electron chi connectivity index (χ0n) is 13.9. The SMILES string of the molecule is CC1(C)CCCCC1C(=O)N1CCCC(C2CCCN2)C1. The standard InChI is InChI=1S/C18H32N2O/c1-18(2)10-4-3-8-15(18)17(21)20-12-6-7-14(13-20)16-9-5-11-19-16/h14-16,19H,3-13H2,1-2H3. The summed E-state index contributed by atoms with van der Waals surface area (Å²) in [6.07, 6.45) is 9.97. The summed E-state index contributed by atoms with van der Waals surface area (Å²) in [5, 5.41) is 3.64. The predicted octanol–water partition coefficient (Wildman–Crippen LogP) is 3.19. The zero-order chi connectivity index (χ0) is 14.9. The second-order valence-electron chi connectivity index (χ2n) is 8.18. The Labute approximate surface area is 129 Å². The normalized spacial score (nSPS) is 36.7. The van der Waals surface area contributed by atoms with E-state index < -0.39 is 0 Å². The molecule has 2 saturated heterocycles. The molecule has 0 bridgehead atoms. The maximum atomic E-state index is 13.0. The highest BCUT2D eigenvalue weighted by Gasteiger charge is 2.40. The Morgan fingerprint density at radius 1 is 1.10 bits per heavy atom. The Morgan fingerprint density at radius 2 is 1.95 bits per heavy atom. The van der Waals surface area contributed by atoms with Crippen molar-refractivity contribution in [2.75, 3.05) is 19.6 Å². The van der Waals surface area contributed by atoms with Crippen LogP contribution in [0.2, 0.25) is 0 Å². The monoisotopic (exact) mass is 292 g/mol. The van der Waals surface area contributed by atoms with Crippen LogP contribution in [0.1, 0.15) is 65.2 Å². The van der Waals surface area contributed by atoms with Gasteiger partial charge in [0.15, 0.2) is 0 Å². The van der Waals surface area contributed by atoms with E-state index in [0.717, 1.165) is 19.5 Å². The topological polar surface area (TPSA) is 32.3 Å². The number of nitrogens with zero attached hydrogens (tertiary/aromatic N) is 1. The van der Waals surface area contributed by atoms with Crippen LogP contribution in [-0.4, -0.2) is 36.5 Å². The molecule has 1 saturated carbocycles. The lowest BCUT2D eigenvalue weighted by molar-refractivity contribution is -0.143. The van der Waals surface area contributed by atoms with Crippen LogP contribution in [0.25, 0.3) is 0 Å². The van der Waals surface area contributed by atoms with Gasteiger partial charge in [0.1, 0.15) is 0 Å². The smallest absolute Gasteiger partial charge is 0.226 e. The van der Waals surface area contributed by atoms with E-state index in [4.69, 9.17) is 0 Å². The first kappa shape index (κ1) is 15.3. The number of likely N-dealkylation sites (tertiary alicyclic amines) is 1. The molecule has 0 aromatic carbocycles. The van der Waals surface area contributed by atoms with Crippen molar-refractivity contribution in [3.8, 4) is 0 Å². The van der Waals surface area contributed by atoms with Crippen LogP contribution < -0.4 is 5.32 Å². The molecule has 3 rings (SSSR count). The van der Waals surface area contributed by atoms with Crippen LogP contribution in [0.5, 0.6) is 0 Å². The van der Waals surface area contributed by atoms with Crippen molar-refractivity contribution in [2.45, 2.75) is 71.3 Å². The number of carbonyl (C=O) groups is 1. The van der Waals surface area contributed by atoms with Crippen molar-refractivity contribution in [3.05, 3.63) is 0 Å². The molecule has 3 unspecified atom stereocenters. The van der Waals surface area contributed by atoms with E-state index in [0.29, 0.717) is 17.9 Å². The number of nitrogens with one attached hydrogen (secondary N) is 1. The van der Waals surface area contributed by atoms with Gasteiger partial charge in [-0.25, -0.2) is 0 Å². The van der Waals surface area contributed by atoms with Gasteiger partial charge in [-0.05, 0) is 56.4 Å². The van der Waals surface area contributed by atoms with Crippen LogP contribution in [0.4, 0.5) is 0 Å². The second kappa shape index (κ2) is 6.28. The minimum atomic E-state index is 0.202. The van der Waals surface area contributed by atoms with Gasteiger partial charge in [-0.15, -0.1) is 0 Å². The maximum absolute atomic E-state index is 13.0. The first-order valence-corrected chi connectivity index (χ1v) is 9.10. The molecule has 3 nitrogen and oxygen atoms in total. The average molecular weight is 292 g/mol. The molecule has 0 radical (unpaired) electrons. The molecule has 2 aliphatic heterocycles. The fraction of sp³-hybridized carbons (Fsp3) is 0.944. The molecule has 0 aromatic heterocycles. The first-order chi connectivity index (χ1) is 10.1. The van der Waals surface area contributed by atoms with E-state index in [1.807, 2.05) is 0 Å². The summed E-state index contributed by atoms with van der Waals surface area (Å²) in [5.74, 6) is 1.42. The highest BCUT2D eigenvalue weighted by Crippen LogP contribution is 2.42. The van der Waals surface area contributed by atoms with Gasteiger partial charge < -0.3 is 10.2 Å². The lowest BCUT2D eigenvalue weighted by Gasteiger charge is -2.43. The molecule has 0 spiro atoms. The van der Waals surface area contributed by atoms with Crippen molar-refractivity contribution in [2.24, 2.45) is 17.3 Å². The lowest BCUT2D eigenvalue weighted by Crippen LogP contribution is -2.50. The van der Waals surface area contributed by atoms with E-state index >= 15 is 0 Å². The maximum Gasteiger partial charge on any atom is 0.226 e. The third kappa shape index (κ3) is 3.28. The Morgan fingerprint density at radius 3 is 2.67 bits per heavy atom. The summed E-state index contributed by atoms with van der Waals surface area (Å²) in [6, 6.07) is 0.667. The average Bonchev–Trinajstić information content (AvgIpc) is 3.00. The Bertz CT molecular complexity index is 373. The Hall–Kier alpha value is -0.570.